The van der Waals surface area contributed by atoms with E-state index in [0.29, 0.717) is 0 Å². The van der Waals surface area contributed by atoms with Gasteiger partial charge in [-0.15, -0.1) is 6.58 Å². The third-order valence-electron chi connectivity index (χ3n) is 3.78. The summed E-state index contributed by atoms with van der Waals surface area (Å²) < 4.78 is 6.45. The van der Waals surface area contributed by atoms with Crippen molar-refractivity contribution in [1.29, 1.82) is 0 Å². The van der Waals surface area contributed by atoms with Gasteiger partial charge in [0.1, 0.15) is 6.10 Å². The van der Waals surface area contributed by atoms with Gasteiger partial charge in [0, 0.05) is 21.3 Å². The van der Waals surface area contributed by atoms with Crippen LogP contribution in [0.25, 0.3) is 0 Å². The zero-order valence-electron chi connectivity index (χ0n) is 12.9. The van der Waals surface area contributed by atoms with Crippen molar-refractivity contribution in [2.75, 3.05) is 0 Å². The first-order valence-electron chi connectivity index (χ1n) is 6.38. The molecule has 0 radical (unpaired) electrons. The van der Waals surface area contributed by atoms with Crippen LogP contribution in [0.2, 0.25) is 18.1 Å². The molecule has 0 aliphatic heterocycles. The van der Waals surface area contributed by atoms with E-state index in [4.69, 9.17) is 4.43 Å². The molecule has 0 aliphatic rings. The van der Waals surface area contributed by atoms with Gasteiger partial charge in [-0.05, 0) is 29.4 Å². The lowest BCUT2D eigenvalue weighted by atomic mass is 9.83. The molecule has 0 N–H and O–H groups in total. The van der Waals surface area contributed by atoms with Gasteiger partial charge >= 0.3 is 0 Å². The fourth-order valence-corrected chi connectivity index (χ4v) is 2.91. The summed E-state index contributed by atoms with van der Waals surface area (Å²) >= 11 is 3.20. The lowest BCUT2D eigenvalue weighted by Gasteiger charge is -2.42. The first-order chi connectivity index (χ1) is 7.98. The van der Waals surface area contributed by atoms with Gasteiger partial charge < -0.3 is 4.43 Å². The van der Waals surface area contributed by atoms with Gasteiger partial charge in [-0.2, -0.15) is 0 Å². The average molecular weight is 331 g/mol. The molecule has 0 amide bonds. The monoisotopic (exact) mass is 330 g/mol. The van der Waals surface area contributed by atoms with E-state index in [1.54, 1.807) is 0 Å². The molecule has 0 bridgehead atoms. The molecule has 0 spiro atoms. The predicted molar refractivity (Wildman–Crippen MR) is 87.4 cm³/mol. The Kier molecular flexibility index (Phi) is 6.39. The maximum absolute atomic E-state index is 6.45. The molecular weight excluding hydrogens is 304 g/mol. The van der Waals surface area contributed by atoms with Crippen LogP contribution in [0.5, 0.6) is 0 Å². The highest BCUT2D eigenvalue weighted by Crippen LogP contribution is 2.40. The van der Waals surface area contributed by atoms with Crippen LogP contribution in [-0.4, -0.2) is 14.4 Å². The van der Waals surface area contributed by atoms with Crippen molar-refractivity contribution in [2.24, 2.45) is 5.41 Å². The zero-order chi connectivity index (χ0) is 14.6. The summed E-state index contributed by atoms with van der Waals surface area (Å²) in [5.41, 5.74) is -0.0158. The van der Waals surface area contributed by atoms with Gasteiger partial charge in [-0.3, -0.25) is 0 Å². The minimum atomic E-state index is -1.80. The largest absolute Gasteiger partial charge is 0.403 e. The van der Waals surface area contributed by atoms with Crippen LogP contribution in [0.3, 0.4) is 0 Å². The van der Waals surface area contributed by atoms with Crippen LogP contribution in [0.15, 0.2) is 12.7 Å². The van der Waals surface area contributed by atoms with Crippen molar-refractivity contribution in [3.63, 3.8) is 0 Å². The molecule has 0 saturated heterocycles. The summed E-state index contributed by atoms with van der Waals surface area (Å²) in [6.07, 6.45) is 2.78. The number of hydrogen-bond donors (Lipinski definition) is 0. The van der Waals surface area contributed by atoms with Crippen molar-refractivity contribution in [2.45, 2.75) is 65.3 Å². The molecule has 0 rings (SSSR count). The first kappa shape index (κ1) is 18.0. The van der Waals surface area contributed by atoms with E-state index in [0.717, 1.165) is 6.42 Å². The molecule has 18 heavy (non-hydrogen) atoms. The lowest BCUT2D eigenvalue weighted by molar-refractivity contribution is 0.109. The van der Waals surface area contributed by atoms with Gasteiger partial charge in [0.15, 0.2) is 8.32 Å². The normalized spacial score (nSPS) is 14.7. The maximum Gasteiger partial charge on any atom is 0.193 e. The number of hydrogen-bond acceptors (Lipinski definition) is 1. The number of rotatable bonds is 5. The molecule has 0 aromatic heterocycles. The molecule has 1 nitrogen and oxygen atoms in total. The molecule has 3 heteroatoms. The van der Waals surface area contributed by atoms with Gasteiger partial charge in [-0.1, -0.05) is 46.6 Å². The standard InChI is InChI=1S/C15H27BrOSi/c1-9-11-15(5,6)13(10-12-16)17-18(7,8)14(2,3)4/h9,13H,1,11H2,2-8H3. The SMILES string of the molecule is C=CCC(C)(C)C(C#CBr)O[Si](C)(C)C(C)(C)C. The summed E-state index contributed by atoms with van der Waals surface area (Å²) in [6, 6.07) is 0. The van der Waals surface area contributed by atoms with Crippen molar-refractivity contribution >= 4 is 24.2 Å². The summed E-state index contributed by atoms with van der Waals surface area (Å²) in [5.74, 6) is 3.17. The van der Waals surface area contributed by atoms with Crippen LogP contribution in [0.4, 0.5) is 0 Å². The second-order valence-electron chi connectivity index (χ2n) is 6.98. The quantitative estimate of drug-likeness (QED) is 0.376. The molecule has 0 heterocycles. The Labute approximate surface area is 123 Å². The Morgan fingerprint density at radius 2 is 1.78 bits per heavy atom. The van der Waals surface area contributed by atoms with Crippen LogP contribution >= 0.6 is 15.9 Å². The topological polar surface area (TPSA) is 9.23 Å². The third-order valence-corrected chi connectivity index (χ3v) is 8.45. The minimum Gasteiger partial charge on any atom is -0.403 e. The summed E-state index contributed by atoms with van der Waals surface area (Å²) in [5, 5.41) is 0.198. The van der Waals surface area contributed by atoms with E-state index in [1.165, 1.54) is 0 Å². The van der Waals surface area contributed by atoms with Crippen molar-refractivity contribution in [3.05, 3.63) is 12.7 Å². The minimum absolute atomic E-state index is 0.0158. The molecule has 0 aliphatic carbocycles. The Morgan fingerprint density at radius 3 is 2.11 bits per heavy atom. The van der Waals surface area contributed by atoms with Crippen molar-refractivity contribution in [1.82, 2.24) is 0 Å². The second kappa shape index (κ2) is 6.41. The van der Waals surface area contributed by atoms with Crippen LogP contribution in [0.1, 0.15) is 41.0 Å². The second-order valence-corrected chi connectivity index (χ2v) is 12.1. The van der Waals surface area contributed by atoms with Crippen LogP contribution in [-0.2, 0) is 4.43 Å². The fourth-order valence-electron chi connectivity index (χ4n) is 1.38. The summed E-state index contributed by atoms with van der Waals surface area (Å²) in [7, 11) is -1.80. The average Bonchev–Trinajstić information content (AvgIpc) is 2.14. The van der Waals surface area contributed by atoms with Gasteiger partial charge in [0.05, 0.1) is 0 Å². The maximum atomic E-state index is 6.45. The van der Waals surface area contributed by atoms with E-state index in [-0.39, 0.29) is 16.6 Å². The van der Waals surface area contributed by atoms with Crippen molar-refractivity contribution in [3.8, 4) is 10.8 Å². The van der Waals surface area contributed by atoms with E-state index < -0.39 is 8.32 Å². The van der Waals surface area contributed by atoms with Crippen LogP contribution < -0.4 is 0 Å². The Bertz CT molecular complexity index is 342. The molecular formula is C15H27BrOSi. The highest BCUT2D eigenvalue weighted by atomic mass is 79.9. The smallest absolute Gasteiger partial charge is 0.193 e. The zero-order valence-corrected chi connectivity index (χ0v) is 15.4. The molecule has 1 unspecified atom stereocenters. The summed E-state index contributed by atoms with van der Waals surface area (Å²) in [4.78, 5) is 2.83. The Balaban J connectivity index is 5.16. The fraction of sp³-hybridized carbons (Fsp3) is 0.733. The molecule has 0 aromatic rings. The predicted octanol–water partition coefficient (Wildman–Crippen LogP) is 5.33. The Morgan fingerprint density at radius 1 is 1.28 bits per heavy atom. The molecule has 104 valence electrons. The van der Waals surface area contributed by atoms with Crippen LogP contribution in [0, 0.1) is 16.2 Å². The first-order valence-corrected chi connectivity index (χ1v) is 10.1. The number of allylic oxidation sites excluding steroid dienone is 1. The van der Waals surface area contributed by atoms with E-state index >= 15 is 0 Å². The van der Waals surface area contributed by atoms with Gasteiger partial charge in [0.25, 0.3) is 0 Å². The van der Waals surface area contributed by atoms with Gasteiger partial charge in [0.2, 0.25) is 0 Å². The third kappa shape index (κ3) is 4.91. The van der Waals surface area contributed by atoms with Crippen molar-refractivity contribution < 1.29 is 4.43 Å². The van der Waals surface area contributed by atoms with Gasteiger partial charge in [-0.25, -0.2) is 0 Å². The lowest BCUT2D eigenvalue weighted by Crippen LogP contribution is -2.47. The van der Waals surface area contributed by atoms with E-state index in [9.17, 15) is 0 Å². The molecule has 1 atom stereocenters. The summed E-state index contributed by atoms with van der Waals surface area (Å²) in [6.45, 7) is 19.5. The molecule has 0 aromatic carbocycles. The van der Waals surface area contributed by atoms with E-state index in [2.05, 4.69) is 81.0 Å². The highest BCUT2D eigenvalue weighted by Gasteiger charge is 2.42. The highest BCUT2D eigenvalue weighted by molar-refractivity contribution is 9.12. The Hall–Kier alpha value is -0.0431. The molecule has 0 saturated carbocycles. The number of halogens is 1. The molecule has 0 fully saturated rings. The van der Waals surface area contributed by atoms with E-state index in [1.807, 2.05) is 6.08 Å².